The largest absolute Gasteiger partial charge is 0.464 e. The van der Waals surface area contributed by atoms with Gasteiger partial charge in [-0.05, 0) is 75.1 Å². The summed E-state index contributed by atoms with van der Waals surface area (Å²) in [7, 11) is 0. The van der Waals surface area contributed by atoms with E-state index in [9.17, 15) is 0 Å². The van der Waals surface area contributed by atoms with Crippen LogP contribution in [-0.2, 0) is 0 Å². The Kier molecular flexibility index (Phi) is 5.38. The summed E-state index contributed by atoms with van der Waals surface area (Å²) in [4.78, 5) is 0. The maximum Gasteiger partial charge on any atom is 0.146 e. The van der Waals surface area contributed by atoms with Gasteiger partial charge in [-0.1, -0.05) is 115 Å². The van der Waals surface area contributed by atoms with Gasteiger partial charge in [0.15, 0.2) is 0 Å². The molecule has 0 aliphatic rings. The van der Waals surface area contributed by atoms with Crippen LogP contribution in [0.2, 0.25) is 0 Å². The molecule has 11 rings (SSSR count). The van der Waals surface area contributed by atoms with E-state index in [4.69, 9.17) is 8.83 Å². The summed E-state index contributed by atoms with van der Waals surface area (Å²) in [6, 6.07) is 56.7. The fraction of sp³-hybridized carbons (Fsp3) is 0. The predicted octanol–water partition coefficient (Wildman–Crippen LogP) is 13.1. The molecule has 0 spiro atoms. The Hall–Kier alpha value is -6.58. The Labute approximate surface area is 280 Å². The second-order valence-corrected chi connectivity index (χ2v) is 12.8. The molecule has 0 saturated carbocycles. The van der Waals surface area contributed by atoms with Crippen molar-refractivity contribution in [2.75, 3.05) is 0 Å². The first-order valence-electron chi connectivity index (χ1n) is 16.7. The molecule has 0 atom stereocenters. The number of rotatable bonds is 3. The minimum Gasteiger partial charge on any atom is -0.464 e. The molecule has 3 nitrogen and oxygen atoms in total. The molecule has 3 heterocycles. The summed E-state index contributed by atoms with van der Waals surface area (Å²) in [6.07, 6.45) is 1.73. The Morgan fingerprint density at radius 3 is 1.78 bits per heavy atom. The lowest BCUT2D eigenvalue weighted by molar-refractivity contribution is 0.615. The molecule has 11 aromatic rings. The molecule has 0 unspecified atom stereocenters. The van der Waals surface area contributed by atoms with Gasteiger partial charge in [-0.25, -0.2) is 0 Å². The highest BCUT2D eigenvalue weighted by Crippen LogP contribution is 2.47. The quantitative estimate of drug-likeness (QED) is 0.183. The molecule has 0 radical (unpaired) electrons. The minimum absolute atomic E-state index is 0.830. The van der Waals surface area contributed by atoms with Crippen LogP contribution in [0.15, 0.2) is 173 Å². The summed E-state index contributed by atoms with van der Waals surface area (Å²) < 4.78 is 14.9. The maximum absolute atomic E-state index is 6.79. The van der Waals surface area contributed by atoms with Crippen molar-refractivity contribution in [1.29, 1.82) is 0 Å². The average molecular weight is 626 g/mol. The highest BCUT2D eigenvalue weighted by molar-refractivity contribution is 6.25. The molecule has 0 saturated heterocycles. The standard InChI is InChI=1S/C46H27NO2/c1-2-11-29(12-3-1)47-40-20-9-8-13-30(40)31-22-21-28(27-41(31)47)43-32-14-4-6-16-34(32)44(35-17-7-5-15-33(35)43)39-19-10-18-36-37-23-24-42-38(25-26-48-42)45(37)49-46(36)39/h1-27H. The van der Waals surface area contributed by atoms with Gasteiger partial charge in [0, 0.05) is 38.4 Å². The van der Waals surface area contributed by atoms with E-state index in [2.05, 4.69) is 150 Å². The molecule has 3 heteroatoms. The number of hydrogen-bond acceptors (Lipinski definition) is 2. The third kappa shape index (κ3) is 3.67. The number of hydrogen-bond donors (Lipinski definition) is 0. The van der Waals surface area contributed by atoms with Crippen LogP contribution in [0, 0.1) is 0 Å². The van der Waals surface area contributed by atoms with Crippen LogP contribution in [0.25, 0.3) is 104 Å². The lowest BCUT2D eigenvalue weighted by Gasteiger charge is -2.18. The Bertz CT molecular complexity index is 3050. The van der Waals surface area contributed by atoms with Crippen LogP contribution in [0.3, 0.4) is 0 Å². The van der Waals surface area contributed by atoms with Crippen molar-refractivity contribution >= 4 is 76.3 Å². The van der Waals surface area contributed by atoms with Crippen LogP contribution in [0.1, 0.15) is 0 Å². The van der Waals surface area contributed by atoms with Gasteiger partial charge in [0.05, 0.1) is 22.7 Å². The molecule has 0 N–H and O–H groups in total. The number of aromatic nitrogens is 1. The average Bonchev–Trinajstić information content (AvgIpc) is 3.88. The first kappa shape index (κ1) is 26.5. The Morgan fingerprint density at radius 2 is 1.00 bits per heavy atom. The highest BCUT2D eigenvalue weighted by atomic mass is 16.3. The number of nitrogens with zero attached hydrogens (tertiary/aromatic N) is 1. The van der Waals surface area contributed by atoms with E-state index in [1.807, 2.05) is 12.1 Å². The second-order valence-electron chi connectivity index (χ2n) is 12.8. The number of fused-ring (bicyclic) bond motifs is 10. The van der Waals surface area contributed by atoms with Gasteiger partial charge in [-0.3, -0.25) is 0 Å². The van der Waals surface area contributed by atoms with Crippen LogP contribution < -0.4 is 0 Å². The zero-order valence-corrected chi connectivity index (χ0v) is 26.4. The van der Waals surface area contributed by atoms with Crippen molar-refractivity contribution in [2.45, 2.75) is 0 Å². The van der Waals surface area contributed by atoms with Gasteiger partial charge < -0.3 is 13.4 Å². The van der Waals surface area contributed by atoms with E-state index in [0.717, 1.165) is 44.2 Å². The summed E-state index contributed by atoms with van der Waals surface area (Å²) in [5.41, 5.74) is 10.8. The van der Waals surface area contributed by atoms with Gasteiger partial charge in [0.1, 0.15) is 16.7 Å². The number of benzene rings is 8. The zero-order chi connectivity index (χ0) is 32.1. The predicted molar refractivity (Wildman–Crippen MR) is 204 cm³/mol. The van der Waals surface area contributed by atoms with Crippen molar-refractivity contribution in [2.24, 2.45) is 0 Å². The third-order valence-corrected chi connectivity index (χ3v) is 10.3. The molecule has 0 aliphatic carbocycles. The highest BCUT2D eigenvalue weighted by Gasteiger charge is 2.22. The van der Waals surface area contributed by atoms with E-state index in [1.165, 1.54) is 60.0 Å². The van der Waals surface area contributed by atoms with Crippen molar-refractivity contribution in [1.82, 2.24) is 4.57 Å². The molecule has 0 aliphatic heterocycles. The third-order valence-electron chi connectivity index (χ3n) is 10.3. The molecule has 3 aromatic heterocycles. The van der Waals surface area contributed by atoms with E-state index in [1.54, 1.807) is 6.26 Å². The van der Waals surface area contributed by atoms with Crippen molar-refractivity contribution in [3.8, 4) is 27.9 Å². The first-order chi connectivity index (χ1) is 24.3. The summed E-state index contributed by atoms with van der Waals surface area (Å²) in [6.45, 7) is 0. The molecule has 0 bridgehead atoms. The lowest BCUT2D eigenvalue weighted by atomic mass is 9.85. The van der Waals surface area contributed by atoms with Crippen molar-refractivity contribution < 1.29 is 8.83 Å². The van der Waals surface area contributed by atoms with Crippen LogP contribution in [-0.4, -0.2) is 4.57 Å². The van der Waals surface area contributed by atoms with E-state index in [-0.39, 0.29) is 0 Å². The zero-order valence-electron chi connectivity index (χ0n) is 26.4. The monoisotopic (exact) mass is 625 g/mol. The van der Waals surface area contributed by atoms with Gasteiger partial charge >= 0.3 is 0 Å². The van der Waals surface area contributed by atoms with Crippen LogP contribution >= 0.6 is 0 Å². The van der Waals surface area contributed by atoms with Crippen molar-refractivity contribution in [3.05, 3.63) is 164 Å². The van der Waals surface area contributed by atoms with Crippen LogP contribution in [0.4, 0.5) is 0 Å². The number of para-hydroxylation sites is 3. The smallest absolute Gasteiger partial charge is 0.146 e. The van der Waals surface area contributed by atoms with Gasteiger partial charge in [0.2, 0.25) is 0 Å². The fourth-order valence-electron chi connectivity index (χ4n) is 8.21. The minimum atomic E-state index is 0.830. The van der Waals surface area contributed by atoms with Crippen LogP contribution in [0.5, 0.6) is 0 Å². The summed E-state index contributed by atoms with van der Waals surface area (Å²) in [5.74, 6) is 0. The second kappa shape index (κ2) is 9.96. The molecule has 49 heavy (non-hydrogen) atoms. The lowest BCUT2D eigenvalue weighted by Crippen LogP contribution is -1.94. The van der Waals surface area contributed by atoms with Gasteiger partial charge in [0.25, 0.3) is 0 Å². The van der Waals surface area contributed by atoms with Gasteiger partial charge in [-0.2, -0.15) is 0 Å². The topological polar surface area (TPSA) is 31.2 Å². The Morgan fingerprint density at radius 1 is 0.388 bits per heavy atom. The van der Waals surface area contributed by atoms with Crippen molar-refractivity contribution in [3.63, 3.8) is 0 Å². The molecular weight excluding hydrogens is 599 g/mol. The number of furan rings is 2. The molecule has 228 valence electrons. The molecule has 0 fully saturated rings. The first-order valence-corrected chi connectivity index (χ1v) is 16.7. The van der Waals surface area contributed by atoms with E-state index in [0.29, 0.717) is 0 Å². The molecular formula is C46H27NO2. The van der Waals surface area contributed by atoms with E-state index < -0.39 is 0 Å². The maximum atomic E-state index is 6.79. The fourth-order valence-corrected chi connectivity index (χ4v) is 8.21. The summed E-state index contributed by atoms with van der Waals surface area (Å²) >= 11 is 0. The van der Waals surface area contributed by atoms with E-state index >= 15 is 0 Å². The normalized spacial score (nSPS) is 12.1. The molecule has 0 amide bonds. The Balaban J connectivity index is 1.24. The molecule has 8 aromatic carbocycles. The SMILES string of the molecule is c1ccc(-n2c3ccccc3c3ccc(-c4c5ccccc5c(-c5cccc6c5oc5c7ccoc7ccc65)c5ccccc45)cc32)cc1. The van der Waals surface area contributed by atoms with Gasteiger partial charge in [-0.15, -0.1) is 0 Å². The summed E-state index contributed by atoms with van der Waals surface area (Å²) in [5, 5.41) is 10.5.